The first-order valence-electron chi connectivity index (χ1n) is 7.76. The normalized spacial score (nSPS) is 16.6. The van der Waals surface area contributed by atoms with E-state index in [1.165, 1.54) is 11.3 Å². The standard InChI is InChI=1S/C17H19N3O4/c1-17(5-7-20(8-6-17)16(22)23)15(21)19-13-4-2-3-12(9-13)14-10-18-11-24-14/h2-4,9-11H,5-8H2,1H3,(H,19,21)(H,22,23). The molecule has 2 heterocycles. The zero-order valence-electron chi connectivity index (χ0n) is 13.4. The number of rotatable bonds is 3. The van der Waals surface area contributed by atoms with E-state index in [2.05, 4.69) is 10.3 Å². The number of hydrogen-bond donors (Lipinski definition) is 2. The van der Waals surface area contributed by atoms with Crippen molar-refractivity contribution in [2.75, 3.05) is 18.4 Å². The SMILES string of the molecule is CC1(C(=O)Nc2cccc(-c3cnco3)c2)CCN(C(=O)O)CC1. The molecule has 3 rings (SSSR count). The molecule has 1 aliphatic heterocycles. The maximum atomic E-state index is 12.7. The summed E-state index contributed by atoms with van der Waals surface area (Å²) in [5, 5.41) is 11.9. The van der Waals surface area contributed by atoms with Gasteiger partial charge in [0.25, 0.3) is 0 Å². The molecule has 2 amide bonds. The maximum Gasteiger partial charge on any atom is 0.407 e. The third-order valence-corrected chi connectivity index (χ3v) is 4.52. The van der Waals surface area contributed by atoms with Crippen LogP contribution in [0.15, 0.2) is 41.3 Å². The molecular formula is C17H19N3O4. The molecule has 0 radical (unpaired) electrons. The minimum Gasteiger partial charge on any atom is -0.465 e. The monoisotopic (exact) mass is 329 g/mol. The lowest BCUT2D eigenvalue weighted by Gasteiger charge is -2.36. The number of likely N-dealkylation sites (tertiary alicyclic amines) is 1. The van der Waals surface area contributed by atoms with Crippen molar-refractivity contribution in [1.82, 2.24) is 9.88 Å². The van der Waals surface area contributed by atoms with Gasteiger partial charge in [-0.15, -0.1) is 0 Å². The van der Waals surface area contributed by atoms with E-state index in [9.17, 15) is 9.59 Å². The van der Waals surface area contributed by atoms with E-state index in [4.69, 9.17) is 9.52 Å². The van der Waals surface area contributed by atoms with Crippen molar-refractivity contribution in [3.8, 4) is 11.3 Å². The highest BCUT2D eigenvalue weighted by Crippen LogP contribution is 2.33. The maximum absolute atomic E-state index is 12.7. The first-order valence-corrected chi connectivity index (χ1v) is 7.76. The van der Waals surface area contributed by atoms with Crippen LogP contribution in [0.3, 0.4) is 0 Å². The molecule has 0 bridgehead atoms. The molecule has 1 aromatic heterocycles. The predicted molar refractivity (Wildman–Crippen MR) is 87.5 cm³/mol. The number of carbonyl (C=O) groups is 2. The zero-order chi connectivity index (χ0) is 17.2. The van der Waals surface area contributed by atoms with Crippen molar-refractivity contribution in [1.29, 1.82) is 0 Å². The molecule has 1 fully saturated rings. The third kappa shape index (κ3) is 3.24. The number of oxazole rings is 1. The summed E-state index contributed by atoms with van der Waals surface area (Å²) in [6.45, 7) is 2.62. The number of nitrogens with one attached hydrogen (secondary N) is 1. The van der Waals surface area contributed by atoms with E-state index < -0.39 is 11.5 Å². The Morgan fingerprint density at radius 2 is 2.08 bits per heavy atom. The van der Waals surface area contributed by atoms with Crippen LogP contribution in [0.25, 0.3) is 11.3 Å². The fourth-order valence-corrected chi connectivity index (χ4v) is 2.81. The van der Waals surface area contributed by atoms with Crippen LogP contribution < -0.4 is 5.32 Å². The number of anilines is 1. The largest absolute Gasteiger partial charge is 0.465 e. The Kier molecular flexibility index (Phi) is 4.24. The summed E-state index contributed by atoms with van der Waals surface area (Å²) in [5.41, 5.74) is 0.931. The van der Waals surface area contributed by atoms with Crippen LogP contribution in [0.4, 0.5) is 10.5 Å². The Morgan fingerprint density at radius 3 is 2.71 bits per heavy atom. The number of hydrogen-bond acceptors (Lipinski definition) is 4. The van der Waals surface area contributed by atoms with E-state index in [-0.39, 0.29) is 5.91 Å². The van der Waals surface area contributed by atoms with Gasteiger partial charge in [0, 0.05) is 24.3 Å². The summed E-state index contributed by atoms with van der Waals surface area (Å²) >= 11 is 0. The average Bonchev–Trinajstić information content (AvgIpc) is 3.10. The van der Waals surface area contributed by atoms with Crippen LogP contribution in [-0.2, 0) is 4.79 Å². The first-order chi connectivity index (χ1) is 11.5. The van der Waals surface area contributed by atoms with E-state index >= 15 is 0 Å². The molecule has 0 unspecified atom stereocenters. The highest BCUT2D eigenvalue weighted by molar-refractivity contribution is 5.95. The Labute approximate surface area is 139 Å². The smallest absolute Gasteiger partial charge is 0.407 e. The summed E-state index contributed by atoms with van der Waals surface area (Å²) in [6.07, 6.45) is 3.05. The van der Waals surface area contributed by atoms with Gasteiger partial charge in [-0.05, 0) is 25.0 Å². The second-order valence-electron chi connectivity index (χ2n) is 6.23. The first kappa shape index (κ1) is 16.0. The van der Waals surface area contributed by atoms with Gasteiger partial charge in [-0.1, -0.05) is 19.1 Å². The van der Waals surface area contributed by atoms with Crippen LogP contribution >= 0.6 is 0 Å². The summed E-state index contributed by atoms with van der Waals surface area (Å²) in [4.78, 5) is 28.9. The van der Waals surface area contributed by atoms with Crippen LogP contribution in [0, 0.1) is 5.41 Å². The zero-order valence-corrected chi connectivity index (χ0v) is 13.4. The van der Waals surface area contributed by atoms with Gasteiger partial charge >= 0.3 is 6.09 Å². The van der Waals surface area contributed by atoms with Crippen molar-refractivity contribution in [2.45, 2.75) is 19.8 Å². The van der Waals surface area contributed by atoms with Crippen molar-refractivity contribution in [2.24, 2.45) is 5.41 Å². The van der Waals surface area contributed by atoms with Crippen molar-refractivity contribution >= 4 is 17.7 Å². The van der Waals surface area contributed by atoms with Gasteiger partial charge in [0.2, 0.25) is 5.91 Å². The molecule has 0 atom stereocenters. The molecule has 2 N–H and O–H groups in total. The Hall–Kier alpha value is -2.83. The summed E-state index contributed by atoms with van der Waals surface area (Å²) in [7, 11) is 0. The molecule has 126 valence electrons. The van der Waals surface area contributed by atoms with Gasteiger partial charge < -0.3 is 19.7 Å². The van der Waals surface area contributed by atoms with Gasteiger partial charge in [-0.3, -0.25) is 4.79 Å². The lowest BCUT2D eigenvalue weighted by Crippen LogP contribution is -2.46. The molecule has 1 aromatic carbocycles. The molecule has 0 saturated carbocycles. The van der Waals surface area contributed by atoms with Crippen molar-refractivity contribution < 1.29 is 19.1 Å². The fourth-order valence-electron chi connectivity index (χ4n) is 2.81. The van der Waals surface area contributed by atoms with Gasteiger partial charge in [0.05, 0.1) is 11.6 Å². The van der Waals surface area contributed by atoms with Crippen molar-refractivity contribution in [3.05, 3.63) is 36.9 Å². The van der Waals surface area contributed by atoms with Gasteiger partial charge in [0.15, 0.2) is 12.2 Å². The number of carboxylic acid groups (broad SMARTS) is 1. The number of aromatic nitrogens is 1. The van der Waals surface area contributed by atoms with E-state index in [1.807, 2.05) is 31.2 Å². The highest BCUT2D eigenvalue weighted by atomic mass is 16.4. The topological polar surface area (TPSA) is 95.7 Å². The van der Waals surface area contributed by atoms with Gasteiger partial charge in [0.1, 0.15) is 0 Å². The van der Waals surface area contributed by atoms with Crippen LogP contribution in [0.1, 0.15) is 19.8 Å². The molecule has 1 aliphatic rings. The lowest BCUT2D eigenvalue weighted by atomic mass is 9.79. The summed E-state index contributed by atoms with van der Waals surface area (Å²) in [6, 6.07) is 7.35. The van der Waals surface area contributed by atoms with Crippen LogP contribution in [0.2, 0.25) is 0 Å². The van der Waals surface area contributed by atoms with E-state index in [0.717, 1.165) is 5.56 Å². The Bertz CT molecular complexity index is 734. The summed E-state index contributed by atoms with van der Waals surface area (Å²) in [5.74, 6) is 0.536. The molecule has 0 aliphatic carbocycles. The predicted octanol–water partition coefficient (Wildman–Crippen LogP) is 3.06. The number of carbonyl (C=O) groups excluding carboxylic acids is 1. The minimum atomic E-state index is -0.933. The summed E-state index contributed by atoms with van der Waals surface area (Å²) < 4.78 is 5.26. The Morgan fingerprint density at radius 1 is 1.33 bits per heavy atom. The molecular weight excluding hydrogens is 310 g/mol. The number of piperidine rings is 1. The molecule has 7 heteroatoms. The molecule has 0 spiro atoms. The van der Waals surface area contributed by atoms with Crippen molar-refractivity contribution in [3.63, 3.8) is 0 Å². The van der Waals surface area contributed by atoms with E-state index in [1.54, 1.807) is 6.20 Å². The van der Waals surface area contributed by atoms with E-state index in [0.29, 0.717) is 37.4 Å². The second-order valence-corrected chi connectivity index (χ2v) is 6.23. The highest BCUT2D eigenvalue weighted by Gasteiger charge is 2.38. The molecule has 7 nitrogen and oxygen atoms in total. The number of amides is 2. The quantitative estimate of drug-likeness (QED) is 0.902. The number of benzene rings is 1. The van der Waals surface area contributed by atoms with Gasteiger partial charge in [-0.2, -0.15) is 0 Å². The fraction of sp³-hybridized carbons (Fsp3) is 0.353. The Balaban J connectivity index is 1.69. The molecule has 2 aromatic rings. The average molecular weight is 329 g/mol. The van der Waals surface area contributed by atoms with Crippen LogP contribution in [0.5, 0.6) is 0 Å². The molecule has 24 heavy (non-hydrogen) atoms. The lowest BCUT2D eigenvalue weighted by molar-refractivity contribution is -0.127. The van der Waals surface area contributed by atoms with Gasteiger partial charge in [-0.25, -0.2) is 9.78 Å². The minimum absolute atomic E-state index is 0.0951. The second kappa shape index (κ2) is 6.35. The third-order valence-electron chi connectivity index (χ3n) is 4.52. The number of nitrogens with zero attached hydrogens (tertiary/aromatic N) is 2. The van der Waals surface area contributed by atoms with Crippen LogP contribution in [-0.4, -0.2) is 40.1 Å². The molecule has 1 saturated heterocycles.